The number of hydrogen-bond donors (Lipinski definition) is 1. The molecule has 0 radical (unpaired) electrons. The molecule has 3 aromatic rings. The third-order valence-electron chi connectivity index (χ3n) is 5.84. The van der Waals surface area contributed by atoms with Crippen LogP contribution in [0.1, 0.15) is 49.0 Å². The summed E-state index contributed by atoms with van der Waals surface area (Å²) in [5.74, 6) is 1.41. The maximum atomic E-state index is 12.4. The number of ether oxygens (including phenoxy) is 2. The summed E-state index contributed by atoms with van der Waals surface area (Å²) in [6.07, 6.45) is 6.67. The van der Waals surface area contributed by atoms with E-state index in [0.29, 0.717) is 19.0 Å². The van der Waals surface area contributed by atoms with Crippen LogP contribution in [-0.2, 0) is 17.9 Å². The van der Waals surface area contributed by atoms with Crippen molar-refractivity contribution in [2.75, 3.05) is 20.3 Å². The number of rotatable bonds is 8. The predicted octanol–water partition coefficient (Wildman–Crippen LogP) is 4.10. The summed E-state index contributed by atoms with van der Waals surface area (Å²) in [6.45, 7) is 4.93. The van der Waals surface area contributed by atoms with E-state index < -0.39 is 0 Å². The van der Waals surface area contributed by atoms with Gasteiger partial charge in [0.1, 0.15) is 11.6 Å². The summed E-state index contributed by atoms with van der Waals surface area (Å²) in [4.78, 5) is 26.7. The molecule has 1 aliphatic rings. The number of pyridine rings is 1. The first-order valence-electron chi connectivity index (χ1n) is 11.2. The Morgan fingerprint density at radius 2 is 2.12 bits per heavy atom. The molecule has 4 rings (SSSR count). The molecule has 2 aromatic heterocycles. The molecule has 0 spiro atoms. The molecule has 0 unspecified atom stereocenters. The van der Waals surface area contributed by atoms with E-state index in [0.717, 1.165) is 54.9 Å². The summed E-state index contributed by atoms with van der Waals surface area (Å²) >= 11 is 0. The Bertz CT molecular complexity index is 1080. The first-order valence-corrected chi connectivity index (χ1v) is 11.2. The van der Waals surface area contributed by atoms with Gasteiger partial charge in [-0.25, -0.2) is 4.98 Å². The number of aromatic amines is 1. The molecule has 0 bridgehead atoms. The van der Waals surface area contributed by atoms with Crippen LogP contribution in [-0.4, -0.2) is 40.1 Å². The smallest absolute Gasteiger partial charge is 0.251 e. The number of piperidine rings is 1. The first kappa shape index (κ1) is 22.2. The lowest BCUT2D eigenvalue weighted by molar-refractivity contribution is 0.130. The molecule has 0 saturated carbocycles. The topological polar surface area (TPSA) is 80.3 Å². The standard InChI is InChI=1S/C25H30N4O3/c1-3-32-17-20-13-18(9-10-23(20)31-2)16-29-12-5-4-8-22(29)21-14-24(30)28-25(27-21)19-7-6-11-26-15-19/h6-7,9-11,13-15,22H,3-5,8,12,16-17H2,1-2H3,(H,27,28,30)/t22-/m0/s1. The van der Waals surface area contributed by atoms with Crippen molar-refractivity contribution in [3.8, 4) is 17.1 Å². The van der Waals surface area contributed by atoms with Crippen LogP contribution in [0.15, 0.2) is 53.6 Å². The van der Waals surface area contributed by atoms with Crippen LogP contribution >= 0.6 is 0 Å². The Morgan fingerprint density at radius 3 is 2.91 bits per heavy atom. The fraction of sp³-hybridized carbons (Fsp3) is 0.400. The van der Waals surface area contributed by atoms with E-state index >= 15 is 0 Å². The van der Waals surface area contributed by atoms with Gasteiger partial charge in [-0.3, -0.25) is 14.7 Å². The van der Waals surface area contributed by atoms with Crippen molar-refractivity contribution in [1.29, 1.82) is 0 Å². The Labute approximate surface area is 188 Å². The molecule has 7 heteroatoms. The third kappa shape index (κ3) is 5.23. The van der Waals surface area contributed by atoms with E-state index in [2.05, 4.69) is 27.0 Å². The van der Waals surface area contributed by atoms with Gasteiger partial charge in [-0.05, 0) is 56.1 Å². The number of methoxy groups -OCH3 is 1. The van der Waals surface area contributed by atoms with E-state index in [4.69, 9.17) is 14.5 Å². The van der Waals surface area contributed by atoms with Gasteiger partial charge < -0.3 is 14.5 Å². The molecule has 1 saturated heterocycles. The Kier molecular flexibility index (Phi) is 7.29. The van der Waals surface area contributed by atoms with Gasteiger partial charge in [0.2, 0.25) is 0 Å². The zero-order valence-electron chi connectivity index (χ0n) is 18.7. The van der Waals surface area contributed by atoms with Gasteiger partial charge in [0.15, 0.2) is 0 Å². The van der Waals surface area contributed by atoms with Crippen LogP contribution in [0.4, 0.5) is 0 Å². The Morgan fingerprint density at radius 1 is 1.22 bits per heavy atom. The SMILES string of the molecule is CCOCc1cc(CN2CCCC[C@H]2c2cc(=O)[nH]c(-c3cccnc3)n2)ccc1OC. The van der Waals surface area contributed by atoms with Crippen molar-refractivity contribution in [2.24, 2.45) is 0 Å². The molecule has 3 heterocycles. The molecular formula is C25H30N4O3. The van der Waals surface area contributed by atoms with Gasteiger partial charge >= 0.3 is 0 Å². The monoisotopic (exact) mass is 434 g/mol. The van der Waals surface area contributed by atoms with Gasteiger partial charge in [0.25, 0.3) is 5.56 Å². The van der Waals surface area contributed by atoms with Gasteiger partial charge in [0, 0.05) is 42.7 Å². The average molecular weight is 435 g/mol. The van der Waals surface area contributed by atoms with Gasteiger partial charge in [-0.2, -0.15) is 0 Å². The Balaban J connectivity index is 1.60. The lowest BCUT2D eigenvalue weighted by atomic mass is 9.97. The van der Waals surface area contributed by atoms with Gasteiger partial charge in [-0.1, -0.05) is 12.5 Å². The molecular weight excluding hydrogens is 404 g/mol. The lowest BCUT2D eigenvalue weighted by Gasteiger charge is -2.35. The molecule has 0 amide bonds. The molecule has 7 nitrogen and oxygen atoms in total. The number of H-pyrrole nitrogens is 1. The van der Waals surface area contributed by atoms with E-state index in [9.17, 15) is 4.79 Å². The van der Waals surface area contributed by atoms with Crippen molar-refractivity contribution in [3.63, 3.8) is 0 Å². The van der Waals surface area contributed by atoms with Crippen molar-refractivity contribution >= 4 is 0 Å². The van der Waals surface area contributed by atoms with Crippen molar-refractivity contribution < 1.29 is 9.47 Å². The fourth-order valence-electron chi connectivity index (χ4n) is 4.29. The highest BCUT2D eigenvalue weighted by Crippen LogP contribution is 2.32. The number of nitrogens with one attached hydrogen (secondary N) is 1. The van der Waals surface area contributed by atoms with E-state index in [-0.39, 0.29) is 11.6 Å². The average Bonchev–Trinajstić information content (AvgIpc) is 2.83. The normalized spacial score (nSPS) is 16.8. The molecule has 1 aliphatic heterocycles. The van der Waals surface area contributed by atoms with Crippen molar-refractivity contribution in [3.05, 3.63) is 76.0 Å². The summed E-state index contributed by atoms with van der Waals surface area (Å²) in [5, 5.41) is 0. The minimum absolute atomic E-state index is 0.0962. The molecule has 1 aromatic carbocycles. The molecule has 1 N–H and O–H groups in total. The number of likely N-dealkylation sites (tertiary alicyclic amines) is 1. The Hall–Kier alpha value is -3.03. The molecule has 0 aliphatic carbocycles. The highest BCUT2D eigenvalue weighted by Gasteiger charge is 2.26. The zero-order chi connectivity index (χ0) is 22.3. The second-order valence-corrected chi connectivity index (χ2v) is 8.03. The summed E-state index contributed by atoms with van der Waals surface area (Å²) in [6, 6.07) is 11.8. The molecule has 32 heavy (non-hydrogen) atoms. The zero-order valence-corrected chi connectivity index (χ0v) is 18.7. The lowest BCUT2D eigenvalue weighted by Crippen LogP contribution is -2.34. The summed E-state index contributed by atoms with van der Waals surface area (Å²) in [5.41, 5.74) is 3.74. The second-order valence-electron chi connectivity index (χ2n) is 8.03. The molecule has 1 atom stereocenters. The van der Waals surface area contributed by atoms with E-state index in [1.807, 2.05) is 25.1 Å². The minimum Gasteiger partial charge on any atom is -0.496 e. The van der Waals surface area contributed by atoms with E-state index in [1.54, 1.807) is 25.6 Å². The van der Waals surface area contributed by atoms with Crippen LogP contribution in [0.2, 0.25) is 0 Å². The highest BCUT2D eigenvalue weighted by molar-refractivity contribution is 5.52. The third-order valence-corrected chi connectivity index (χ3v) is 5.84. The van der Waals surface area contributed by atoms with Crippen molar-refractivity contribution in [2.45, 2.75) is 45.4 Å². The minimum atomic E-state index is -0.136. The fourth-order valence-corrected chi connectivity index (χ4v) is 4.29. The quantitative estimate of drug-likeness (QED) is 0.575. The number of hydrogen-bond acceptors (Lipinski definition) is 6. The maximum absolute atomic E-state index is 12.4. The number of benzene rings is 1. The summed E-state index contributed by atoms with van der Waals surface area (Å²) < 4.78 is 11.1. The molecule has 168 valence electrons. The van der Waals surface area contributed by atoms with E-state index in [1.165, 1.54) is 5.56 Å². The van der Waals surface area contributed by atoms with Crippen molar-refractivity contribution in [1.82, 2.24) is 19.9 Å². The van der Waals surface area contributed by atoms with Crippen LogP contribution in [0.3, 0.4) is 0 Å². The number of aromatic nitrogens is 3. The van der Waals surface area contributed by atoms with Crippen LogP contribution in [0, 0.1) is 0 Å². The second kappa shape index (κ2) is 10.5. The van der Waals surface area contributed by atoms with Crippen LogP contribution < -0.4 is 10.3 Å². The largest absolute Gasteiger partial charge is 0.496 e. The highest BCUT2D eigenvalue weighted by atomic mass is 16.5. The molecule has 1 fully saturated rings. The van der Waals surface area contributed by atoms with Gasteiger partial charge in [-0.15, -0.1) is 0 Å². The summed E-state index contributed by atoms with van der Waals surface area (Å²) in [7, 11) is 1.68. The number of nitrogens with zero attached hydrogens (tertiary/aromatic N) is 3. The predicted molar refractivity (Wildman–Crippen MR) is 123 cm³/mol. The van der Waals surface area contributed by atoms with Crippen LogP contribution in [0.25, 0.3) is 11.4 Å². The first-order chi connectivity index (χ1) is 15.7. The maximum Gasteiger partial charge on any atom is 0.251 e. The van der Waals surface area contributed by atoms with Crippen LogP contribution in [0.5, 0.6) is 5.75 Å². The van der Waals surface area contributed by atoms with Gasteiger partial charge in [0.05, 0.1) is 25.5 Å².